The van der Waals surface area contributed by atoms with Gasteiger partial charge in [0.05, 0.1) is 0 Å². The summed E-state index contributed by atoms with van der Waals surface area (Å²) in [7, 11) is 0. The Morgan fingerprint density at radius 1 is 1.28 bits per heavy atom. The Hall–Kier alpha value is -0.770. The maximum absolute atomic E-state index is 11.5. The SMILES string of the molecule is CC(CCO)CNC(=O)NCCC1CCCCC1. The van der Waals surface area contributed by atoms with Gasteiger partial charge in [-0.3, -0.25) is 0 Å². The van der Waals surface area contributed by atoms with Gasteiger partial charge in [-0.25, -0.2) is 4.79 Å². The van der Waals surface area contributed by atoms with Gasteiger partial charge in [0, 0.05) is 19.7 Å². The number of aliphatic hydroxyl groups is 1. The summed E-state index contributed by atoms with van der Waals surface area (Å²) in [5.41, 5.74) is 0. The Bertz CT molecular complexity index is 228. The van der Waals surface area contributed by atoms with Crippen molar-refractivity contribution < 1.29 is 9.90 Å². The van der Waals surface area contributed by atoms with E-state index in [2.05, 4.69) is 10.6 Å². The molecule has 1 rings (SSSR count). The quantitative estimate of drug-likeness (QED) is 0.654. The molecule has 3 N–H and O–H groups in total. The minimum Gasteiger partial charge on any atom is -0.396 e. The highest BCUT2D eigenvalue weighted by Gasteiger charge is 2.13. The van der Waals surface area contributed by atoms with Gasteiger partial charge in [-0.15, -0.1) is 0 Å². The van der Waals surface area contributed by atoms with E-state index in [-0.39, 0.29) is 12.6 Å². The summed E-state index contributed by atoms with van der Waals surface area (Å²) in [6.45, 7) is 3.63. The Kier molecular flexibility index (Phi) is 7.81. The Balaban J connectivity index is 1.99. The first-order valence-corrected chi connectivity index (χ1v) is 7.35. The number of rotatable bonds is 7. The van der Waals surface area contributed by atoms with Crippen molar-refractivity contribution in [3.63, 3.8) is 0 Å². The molecule has 0 aromatic heterocycles. The molecule has 0 spiro atoms. The fourth-order valence-corrected chi connectivity index (χ4v) is 2.52. The molecule has 1 aliphatic rings. The van der Waals surface area contributed by atoms with Crippen molar-refractivity contribution in [3.05, 3.63) is 0 Å². The fourth-order valence-electron chi connectivity index (χ4n) is 2.52. The molecule has 2 amide bonds. The highest BCUT2D eigenvalue weighted by Crippen LogP contribution is 2.25. The van der Waals surface area contributed by atoms with Crippen LogP contribution in [0.25, 0.3) is 0 Å². The molecular formula is C14H28N2O2. The van der Waals surface area contributed by atoms with Crippen LogP contribution in [0, 0.1) is 11.8 Å². The number of aliphatic hydroxyl groups excluding tert-OH is 1. The van der Waals surface area contributed by atoms with E-state index >= 15 is 0 Å². The predicted octanol–water partition coefficient (Wildman–Crippen LogP) is 2.27. The first kappa shape index (κ1) is 15.3. The van der Waals surface area contributed by atoms with Gasteiger partial charge >= 0.3 is 6.03 Å². The average Bonchev–Trinajstić information content (AvgIpc) is 2.38. The van der Waals surface area contributed by atoms with Crippen LogP contribution < -0.4 is 10.6 Å². The summed E-state index contributed by atoms with van der Waals surface area (Å²) in [6, 6.07) is -0.0735. The minimum atomic E-state index is -0.0735. The molecule has 4 nitrogen and oxygen atoms in total. The summed E-state index contributed by atoms with van der Waals surface area (Å²) in [6.07, 6.45) is 8.61. The molecular weight excluding hydrogens is 228 g/mol. The van der Waals surface area contributed by atoms with E-state index in [1.54, 1.807) is 0 Å². The molecule has 4 heteroatoms. The van der Waals surface area contributed by atoms with Crippen LogP contribution in [-0.2, 0) is 0 Å². The van der Waals surface area contributed by atoms with Crippen LogP contribution in [0.15, 0.2) is 0 Å². The van der Waals surface area contributed by atoms with Crippen LogP contribution in [-0.4, -0.2) is 30.8 Å². The van der Waals surface area contributed by atoms with E-state index in [9.17, 15) is 4.79 Å². The largest absolute Gasteiger partial charge is 0.396 e. The number of nitrogens with one attached hydrogen (secondary N) is 2. The molecule has 18 heavy (non-hydrogen) atoms. The molecule has 1 atom stereocenters. The summed E-state index contributed by atoms with van der Waals surface area (Å²) in [5, 5.41) is 14.5. The highest BCUT2D eigenvalue weighted by molar-refractivity contribution is 5.73. The van der Waals surface area contributed by atoms with E-state index in [4.69, 9.17) is 5.11 Å². The van der Waals surface area contributed by atoms with Crippen LogP contribution in [0.2, 0.25) is 0 Å². The zero-order valence-corrected chi connectivity index (χ0v) is 11.6. The Morgan fingerprint density at radius 2 is 2.00 bits per heavy atom. The summed E-state index contributed by atoms with van der Waals surface area (Å²) in [5.74, 6) is 1.14. The van der Waals surface area contributed by atoms with Crippen LogP contribution in [0.3, 0.4) is 0 Å². The minimum absolute atomic E-state index is 0.0735. The van der Waals surface area contributed by atoms with Crippen molar-refractivity contribution in [2.75, 3.05) is 19.7 Å². The standard InChI is InChI=1S/C14H28N2O2/c1-12(8-10-17)11-16-14(18)15-9-7-13-5-3-2-4-6-13/h12-13,17H,2-11H2,1H3,(H2,15,16,18). The van der Waals surface area contributed by atoms with Gasteiger partial charge in [0.25, 0.3) is 0 Å². The highest BCUT2D eigenvalue weighted by atomic mass is 16.3. The van der Waals surface area contributed by atoms with E-state index < -0.39 is 0 Å². The van der Waals surface area contributed by atoms with Crippen LogP contribution in [0.5, 0.6) is 0 Å². The molecule has 1 saturated carbocycles. The number of carbonyl (C=O) groups is 1. The van der Waals surface area contributed by atoms with Crippen molar-refractivity contribution in [1.29, 1.82) is 0 Å². The number of hydrogen-bond donors (Lipinski definition) is 3. The number of carbonyl (C=O) groups excluding carboxylic acids is 1. The summed E-state index contributed by atoms with van der Waals surface area (Å²) < 4.78 is 0. The molecule has 0 aromatic rings. The normalized spacial score (nSPS) is 18.3. The second-order valence-electron chi connectivity index (χ2n) is 5.55. The molecule has 0 heterocycles. The molecule has 1 aliphatic carbocycles. The molecule has 106 valence electrons. The molecule has 0 aromatic carbocycles. The summed E-state index contributed by atoms with van der Waals surface area (Å²) >= 11 is 0. The molecule has 0 radical (unpaired) electrons. The predicted molar refractivity (Wildman–Crippen MR) is 73.5 cm³/mol. The average molecular weight is 256 g/mol. The molecule has 0 aliphatic heterocycles. The van der Waals surface area contributed by atoms with E-state index in [0.29, 0.717) is 12.5 Å². The van der Waals surface area contributed by atoms with Crippen molar-refractivity contribution >= 4 is 6.03 Å². The Labute approximate surface area is 111 Å². The van der Waals surface area contributed by atoms with Crippen LogP contribution >= 0.6 is 0 Å². The van der Waals surface area contributed by atoms with Crippen LogP contribution in [0.4, 0.5) is 4.79 Å². The first-order valence-electron chi connectivity index (χ1n) is 7.35. The number of hydrogen-bond acceptors (Lipinski definition) is 2. The van der Waals surface area contributed by atoms with Gasteiger partial charge in [-0.1, -0.05) is 39.0 Å². The maximum Gasteiger partial charge on any atom is 0.314 e. The van der Waals surface area contributed by atoms with E-state index in [1.165, 1.54) is 32.1 Å². The van der Waals surface area contributed by atoms with E-state index in [0.717, 1.165) is 25.3 Å². The van der Waals surface area contributed by atoms with Crippen molar-refractivity contribution in [2.45, 2.75) is 51.9 Å². The lowest BCUT2D eigenvalue weighted by atomic mass is 9.87. The van der Waals surface area contributed by atoms with Crippen molar-refractivity contribution in [2.24, 2.45) is 11.8 Å². The lowest BCUT2D eigenvalue weighted by Gasteiger charge is -2.21. The zero-order chi connectivity index (χ0) is 13.2. The maximum atomic E-state index is 11.5. The number of amides is 2. The Morgan fingerprint density at radius 3 is 2.67 bits per heavy atom. The molecule has 1 unspecified atom stereocenters. The second-order valence-corrected chi connectivity index (χ2v) is 5.55. The lowest BCUT2D eigenvalue weighted by Crippen LogP contribution is -2.38. The third-order valence-corrected chi connectivity index (χ3v) is 3.80. The van der Waals surface area contributed by atoms with Gasteiger partial charge in [-0.05, 0) is 24.7 Å². The van der Waals surface area contributed by atoms with Gasteiger partial charge in [0.1, 0.15) is 0 Å². The topological polar surface area (TPSA) is 61.4 Å². The van der Waals surface area contributed by atoms with Gasteiger partial charge in [0.15, 0.2) is 0 Å². The summed E-state index contributed by atoms with van der Waals surface area (Å²) in [4.78, 5) is 11.5. The van der Waals surface area contributed by atoms with Gasteiger partial charge in [-0.2, -0.15) is 0 Å². The van der Waals surface area contributed by atoms with Gasteiger partial charge in [0.2, 0.25) is 0 Å². The van der Waals surface area contributed by atoms with E-state index in [1.807, 2.05) is 6.92 Å². The third kappa shape index (κ3) is 6.84. The zero-order valence-electron chi connectivity index (χ0n) is 11.6. The van der Waals surface area contributed by atoms with Crippen molar-refractivity contribution in [1.82, 2.24) is 10.6 Å². The smallest absolute Gasteiger partial charge is 0.314 e. The first-order chi connectivity index (χ1) is 8.72. The monoisotopic (exact) mass is 256 g/mol. The molecule has 0 bridgehead atoms. The third-order valence-electron chi connectivity index (χ3n) is 3.80. The lowest BCUT2D eigenvalue weighted by molar-refractivity contribution is 0.232. The molecule has 0 saturated heterocycles. The van der Waals surface area contributed by atoms with Crippen LogP contribution in [0.1, 0.15) is 51.9 Å². The number of urea groups is 1. The molecule has 1 fully saturated rings. The second kappa shape index (κ2) is 9.20. The van der Waals surface area contributed by atoms with Gasteiger partial charge < -0.3 is 15.7 Å². The fraction of sp³-hybridized carbons (Fsp3) is 0.929. The van der Waals surface area contributed by atoms with Crippen molar-refractivity contribution in [3.8, 4) is 0 Å².